The number of halogens is 2. The number of nitrogens with two attached hydrogens (primary N) is 1. The summed E-state index contributed by atoms with van der Waals surface area (Å²) in [6.45, 7) is 2.04. The quantitative estimate of drug-likeness (QED) is 0.644. The van der Waals surface area contributed by atoms with Gasteiger partial charge in [0.2, 0.25) is 0 Å². The molecule has 0 spiro atoms. The molecular weight excluding hydrogens is 340 g/mol. The summed E-state index contributed by atoms with van der Waals surface area (Å²) in [6, 6.07) is 11.4. The molecule has 0 aromatic heterocycles. The van der Waals surface area contributed by atoms with Crippen LogP contribution in [-0.2, 0) is 0 Å². The van der Waals surface area contributed by atoms with Gasteiger partial charge in [-0.2, -0.15) is 0 Å². The second-order valence-corrected chi connectivity index (χ2v) is 5.80. The van der Waals surface area contributed by atoms with Gasteiger partial charge in [0.05, 0.1) is 13.2 Å². The van der Waals surface area contributed by atoms with E-state index in [9.17, 15) is 0 Å². The molecule has 1 unspecified atom stereocenters. The molecule has 2 aromatic rings. The van der Waals surface area contributed by atoms with Crippen LogP contribution in [0.2, 0.25) is 5.02 Å². The summed E-state index contributed by atoms with van der Waals surface area (Å²) >= 11 is 9.67. The fourth-order valence-electron chi connectivity index (χ4n) is 2.14. The summed E-state index contributed by atoms with van der Waals surface area (Å²) in [5.41, 5.74) is 5.93. The summed E-state index contributed by atoms with van der Waals surface area (Å²) in [6.07, 6.45) is 0. The van der Waals surface area contributed by atoms with Crippen LogP contribution < -0.4 is 16.0 Å². The molecule has 1 atom stereocenters. The normalized spacial score (nSPS) is 12.2. The lowest BCUT2D eigenvalue weighted by molar-refractivity contribution is 0.404. The van der Waals surface area contributed by atoms with Crippen LogP contribution in [0.4, 0.5) is 0 Å². The maximum atomic E-state index is 6.09. The van der Waals surface area contributed by atoms with Gasteiger partial charge in [0, 0.05) is 15.1 Å². The Bertz CT molecular complexity index is 619. The van der Waals surface area contributed by atoms with Crippen LogP contribution in [0, 0.1) is 6.92 Å². The van der Waals surface area contributed by atoms with Crippen molar-refractivity contribution in [2.24, 2.45) is 5.84 Å². The minimum atomic E-state index is -0.210. The number of rotatable bonds is 4. The van der Waals surface area contributed by atoms with Gasteiger partial charge in [0.25, 0.3) is 0 Å². The lowest BCUT2D eigenvalue weighted by Gasteiger charge is -2.21. The topological polar surface area (TPSA) is 47.3 Å². The average Bonchev–Trinajstić information content (AvgIpc) is 2.42. The Balaban J connectivity index is 2.54. The van der Waals surface area contributed by atoms with Crippen LogP contribution in [0.3, 0.4) is 0 Å². The van der Waals surface area contributed by atoms with E-state index in [1.165, 1.54) is 5.56 Å². The first kappa shape index (κ1) is 15.3. The highest BCUT2D eigenvalue weighted by atomic mass is 79.9. The number of aryl methyl sites for hydroxylation is 1. The highest BCUT2D eigenvalue weighted by molar-refractivity contribution is 9.10. The zero-order valence-corrected chi connectivity index (χ0v) is 13.6. The zero-order valence-electron chi connectivity index (χ0n) is 11.3. The molecule has 20 heavy (non-hydrogen) atoms. The van der Waals surface area contributed by atoms with Crippen molar-refractivity contribution in [3.8, 4) is 5.75 Å². The third kappa shape index (κ3) is 3.15. The lowest BCUT2D eigenvalue weighted by atomic mass is 9.97. The maximum Gasteiger partial charge on any atom is 0.124 e. The van der Waals surface area contributed by atoms with Crippen LogP contribution >= 0.6 is 27.5 Å². The number of hydrazine groups is 1. The first-order valence-electron chi connectivity index (χ1n) is 6.12. The third-order valence-electron chi connectivity index (χ3n) is 3.14. The van der Waals surface area contributed by atoms with Gasteiger partial charge in [-0.1, -0.05) is 39.7 Å². The standard InChI is InChI=1S/C15H16BrClN2O/c1-9-3-5-11(13(16)7-9)15(19-18)12-8-10(17)4-6-14(12)20-2/h3-8,15,19H,18H2,1-2H3. The van der Waals surface area contributed by atoms with E-state index in [1.807, 2.05) is 31.2 Å². The number of nitrogens with one attached hydrogen (secondary N) is 1. The second kappa shape index (κ2) is 6.59. The summed E-state index contributed by atoms with van der Waals surface area (Å²) in [4.78, 5) is 0. The van der Waals surface area contributed by atoms with Crippen molar-refractivity contribution in [2.75, 3.05) is 7.11 Å². The number of benzene rings is 2. The van der Waals surface area contributed by atoms with Gasteiger partial charge < -0.3 is 4.74 Å². The van der Waals surface area contributed by atoms with Gasteiger partial charge in [0.15, 0.2) is 0 Å². The Morgan fingerprint density at radius 1 is 1.20 bits per heavy atom. The Hall–Kier alpha value is -1.07. The van der Waals surface area contributed by atoms with Crippen molar-refractivity contribution in [3.05, 3.63) is 62.6 Å². The van der Waals surface area contributed by atoms with E-state index < -0.39 is 0 Å². The summed E-state index contributed by atoms with van der Waals surface area (Å²) < 4.78 is 6.39. The molecule has 0 aliphatic rings. The molecule has 2 aromatic carbocycles. The van der Waals surface area contributed by atoms with E-state index in [2.05, 4.69) is 27.4 Å². The molecule has 0 bridgehead atoms. The molecule has 0 aliphatic heterocycles. The molecule has 2 rings (SSSR count). The molecule has 0 fully saturated rings. The molecule has 0 radical (unpaired) electrons. The van der Waals surface area contributed by atoms with Crippen molar-refractivity contribution in [1.82, 2.24) is 5.43 Å². The zero-order chi connectivity index (χ0) is 14.7. The minimum Gasteiger partial charge on any atom is -0.496 e. The highest BCUT2D eigenvalue weighted by Crippen LogP contribution is 2.35. The predicted molar refractivity (Wildman–Crippen MR) is 86.0 cm³/mol. The molecule has 0 saturated carbocycles. The molecule has 0 heterocycles. The molecule has 106 valence electrons. The summed E-state index contributed by atoms with van der Waals surface area (Å²) in [5, 5.41) is 0.643. The van der Waals surface area contributed by atoms with Gasteiger partial charge in [-0.15, -0.1) is 0 Å². The summed E-state index contributed by atoms with van der Waals surface area (Å²) in [5.74, 6) is 6.49. The second-order valence-electron chi connectivity index (χ2n) is 4.51. The SMILES string of the molecule is COc1ccc(Cl)cc1C(NN)c1ccc(C)cc1Br. The molecule has 3 nitrogen and oxygen atoms in total. The summed E-state index contributed by atoms with van der Waals surface area (Å²) in [7, 11) is 1.63. The molecular formula is C15H16BrClN2O. The third-order valence-corrected chi connectivity index (χ3v) is 4.06. The largest absolute Gasteiger partial charge is 0.496 e. The Morgan fingerprint density at radius 3 is 2.55 bits per heavy atom. The van der Waals surface area contributed by atoms with E-state index in [0.717, 1.165) is 21.3 Å². The van der Waals surface area contributed by atoms with Gasteiger partial charge >= 0.3 is 0 Å². The Kier molecular flexibility index (Phi) is 5.05. The molecule has 0 aliphatic carbocycles. The van der Waals surface area contributed by atoms with E-state index in [-0.39, 0.29) is 6.04 Å². The fourth-order valence-corrected chi connectivity index (χ4v) is 3.05. The van der Waals surface area contributed by atoms with Crippen LogP contribution in [0.1, 0.15) is 22.7 Å². The van der Waals surface area contributed by atoms with Crippen molar-refractivity contribution in [2.45, 2.75) is 13.0 Å². The smallest absolute Gasteiger partial charge is 0.124 e. The highest BCUT2D eigenvalue weighted by Gasteiger charge is 2.19. The molecule has 0 amide bonds. The first-order chi connectivity index (χ1) is 9.56. The van der Waals surface area contributed by atoms with Crippen molar-refractivity contribution in [1.29, 1.82) is 0 Å². The van der Waals surface area contributed by atoms with Crippen LogP contribution in [0.25, 0.3) is 0 Å². The van der Waals surface area contributed by atoms with Gasteiger partial charge in [-0.25, -0.2) is 5.43 Å². The number of hydrogen-bond acceptors (Lipinski definition) is 3. The van der Waals surface area contributed by atoms with Gasteiger partial charge in [-0.3, -0.25) is 5.84 Å². The first-order valence-corrected chi connectivity index (χ1v) is 7.29. The average molecular weight is 356 g/mol. The van der Waals surface area contributed by atoms with Crippen molar-refractivity contribution in [3.63, 3.8) is 0 Å². The number of methoxy groups -OCH3 is 1. The molecule has 3 N–H and O–H groups in total. The van der Waals surface area contributed by atoms with E-state index in [0.29, 0.717) is 5.02 Å². The van der Waals surface area contributed by atoms with E-state index in [1.54, 1.807) is 13.2 Å². The Morgan fingerprint density at radius 2 is 1.95 bits per heavy atom. The fraction of sp³-hybridized carbons (Fsp3) is 0.200. The van der Waals surface area contributed by atoms with Crippen molar-refractivity contribution < 1.29 is 4.74 Å². The lowest BCUT2D eigenvalue weighted by Crippen LogP contribution is -2.29. The van der Waals surface area contributed by atoms with E-state index >= 15 is 0 Å². The molecule has 5 heteroatoms. The maximum absolute atomic E-state index is 6.09. The van der Waals surface area contributed by atoms with Crippen LogP contribution in [-0.4, -0.2) is 7.11 Å². The minimum absolute atomic E-state index is 0.210. The van der Waals surface area contributed by atoms with Gasteiger partial charge in [0.1, 0.15) is 5.75 Å². The van der Waals surface area contributed by atoms with Crippen LogP contribution in [0.15, 0.2) is 40.9 Å². The monoisotopic (exact) mass is 354 g/mol. The molecule has 0 saturated heterocycles. The predicted octanol–water partition coefficient (Wildman–Crippen LogP) is 3.97. The van der Waals surface area contributed by atoms with Crippen LogP contribution in [0.5, 0.6) is 5.75 Å². The van der Waals surface area contributed by atoms with Gasteiger partial charge in [-0.05, 0) is 42.3 Å². The Labute approximate surface area is 132 Å². The number of hydrogen-bond donors (Lipinski definition) is 2. The number of ether oxygens (including phenoxy) is 1. The van der Waals surface area contributed by atoms with E-state index in [4.69, 9.17) is 22.2 Å². The van der Waals surface area contributed by atoms with Crippen molar-refractivity contribution >= 4 is 27.5 Å².